The molecule has 84 valence electrons. The fraction of sp³-hybridized carbons (Fsp3) is 0.545. The molecule has 0 bridgehead atoms. The third-order valence-corrected chi connectivity index (χ3v) is 2.22. The Kier molecular flexibility index (Phi) is 5.26. The van der Waals surface area contributed by atoms with Gasteiger partial charge in [0.1, 0.15) is 5.76 Å². The summed E-state index contributed by atoms with van der Waals surface area (Å²) < 4.78 is 5.53. The topological polar surface area (TPSA) is 38.3 Å². The zero-order valence-electron chi connectivity index (χ0n) is 8.88. The van der Waals surface area contributed by atoms with Gasteiger partial charge in [-0.2, -0.15) is 0 Å². The number of amides is 1. The maximum atomic E-state index is 10.9. The number of hydrogen-bond acceptors (Lipinski definition) is 2. The van der Waals surface area contributed by atoms with E-state index in [1.807, 2.05) is 12.2 Å². The number of carbonyl (C=O) groups is 1. The molecule has 0 spiro atoms. The van der Waals surface area contributed by atoms with Crippen LogP contribution in [0.5, 0.6) is 0 Å². The highest BCUT2D eigenvalue weighted by Crippen LogP contribution is 2.17. The summed E-state index contributed by atoms with van der Waals surface area (Å²) in [6, 6.07) is 0. The summed E-state index contributed by atoms with van der Waals surface area (Å²) in [6.07, 6.45) is 6.69. The molecule has 0 unspecified atom stereocenters. The van der Waals surface area contributed by atoms with E-state index >= 15 is 0 Å². The number of rotatable bonds is 5. The van der Waals surface area contributed by atoms with Crippen molar-refractivity contribution < 1.29 is 9.53 Å². The first kappa shape index (κ1) is 12.1. The number of ether oxygens (including phenoxy) is 1. The summed E-state index contributed by atoms with van der Waals surface area (Å²) in [5.74, 6) is 1.28. The van der Waals surface area contributed by atoms with Crippen LogP contribution in [-0.2, 0) is 9.53 Å². The molecule has 0 aromatic rings. The van der Waals surface area contributed by atoms with Crippen molar-refractivity contribution in [1.82, 2.24) is 5.32 Å². The molecule has 0 atom stereocenters. The molecule has 15 heavy (non-hydrogen) atoms. The molecule has 3 nitrogen and oxygen atoms in total. The third kappa shape index (κ3) is 4.38. The van der Waals surface area contributed by atoms with Crippen molar-refractivity contribution in [2.24, 2.45) is 0 Å². The second kappa shape index (κ2) is 6.51. The lowest BCUT2D eigenvalue weighted by molar-refractivity contribution is -0.118. The maximum absolute atomic E-state index is 10.9. The smallest absolute Gasteiger partial charge is 0.221 e. The van der Waals surface area contributed by atoms with E-state index < -0.39 is 0 Å². The number of carbonyl (C=O) groups excluding carboxylic acids is 1. The Morgan fingerprint density at radius 1 is 1.53 bits per heavy atom. The lowest BCUT2D eigenvalue weighted by Crippen LogP contribution is -2.22. The number of allylic oxidation sites excluding steroid dienone is 2. The lowest BCUT2D eigenvalue weighted by Gasteiger charge is -2.17. The Balaban J connectivity index is 2.48. The molecule has 1 aliphatic carbocycles. The molecule has 0 fully saturated rings. The molecule has 0 saturated heterocycles. The Morgan fingerprint density at radius 2 is 2.27 bits per heavy atom. The maximum Gasteiger partial charge on any atom is 0.221 e. The van der Waals surface area contributed by atoms with Crippen molar-refractivity contribution in [2.75, 3.05) is 12.5 Å². The molecule has 0 aromatic carbocycles. The molecule has 0 saturated carbocycles. The van der Waals surface area contributed by atoms with E-state index in [-0.39, 0.29) is 5.91 Å². The number of alkyl halides is 1. The van der Waals surface area contributed by atoms with Crippen LogP contribution in [0.1, 0.15) is 26.2 Å². The molecule has 0 aliphatic heterocycles. The third-order valence-electron chi connectivity index (χ3n) is 1.96. The standard InChI is InChI=1S/C11H16ClNO2/c1-9(14)13-10-5-2-3-6-11(10)15-8-4-7-12/h5-6H,2-4,7-8H2,1H3,(H,13,14). The second-order valence-electron chi connectivity index (χ2n) is 3.34. The first-order chi connectivity index (χ1) is 7.24. The highest BCUT2D eigenvalue weighted by atomic mass is 35.5. The fourth-order valence-electron chi connectivity index (χ4n) is 1.33. The summed E-state index contributed by atoms with van der Waals surface area (Å²) in [6.45, 7) is 2.08. The first-order valence-corrected chi connectivity index (χ1v) is 5.64. The normalized spacial score (nSPS) is 15.3. The minimum absolute atomic E-state index is 0.0741. The highest BCUT2D eigenvalue weighted by Gasteiger charge is 2.10. The van der Waals surface area contributed by atoms with Gasteiger partial charge in [0.15, 0.2) is 0 Å². The summed E-state index contributed by atoms with van der Waals surface area (Å²) in [5.41, 5.74) is 0.781. The molecule has 4 heteroatoms. The average molecular weight is 230 g/mol. The zero-order chi connectivity index (χ0) is 11.1. The van der Waals surface area contributed by atoms with E-state index in [0.717, 1.165) is 30.7 Å². The van der Waals surface area contributed by atoms with Crippen molar-refractivity contribution >= 4 is 17.5 Å². The first-order valence-electron chi connectivity index (χ1n) is 5.11. The van der Waals surface area contributed by atoms with E-state index in [4.69, 9.17) is 16.3 Å². The number of halogens is 1. The van der Waals surface area contributed by atoms with E-state index in [2.05, 4.69) is 5.32 Å². The molecular formula is C11H16ClNO2. The van der Waals surface area contributed by atoms with Gasteiger partial charge in [-0.3, -0.25) is 4.79 Å². The van der Waals surface area contributed by atoms with Crippen LogP contribution in [0.15, 0.2) is 23.6 Å². The predicted octanol–water partition coefficient (Wildman–Crippen LogP) is 2.33. The van der Waals surface area contributed by atoms with E-state index in [1.54, 1.807) is 0 Å². The van der Waals surface area contributed by atoms with E-state index in [0.29, 0.717) is 12.5 Å². The van der Waals surface area contributed by atoms with Gasteiger partial charge < -0.3 is 10.1 Å². The van der Waals surface area contributed by atoms with Crippen LogP contribution in [0.3, 0.4) is 0 Å². The van der Waals surface area contributed by atoms with Crippen LogP contribution in [0.4, 0.5) is 0 Å². The predicted molar refractivity (Wildman–Crippen MR) is 60.5 cm³/mol. The SMILES string of the molecule is CC(=O)NC1=CCCC=C1OCCCCl. The minimum atomic E-state index is -0.0741. The van der Waals surface area contributed by atoms with Crippen LogP contribution in [-0.4, -0.2) is 18.4 Å². The number of nitrogens with one attached hydrogen (secondary N) is 1. The Bertz CT molecular complexity index is 284. The van der Waals surface area contributed by atoms with E-state index in [1.165, 1.54) is 6.92 Å². The largest absolute Gasteiger partial charge is 0.492 e. The van der Waals surface area contributed by atoms with Gasteiger partial charge in [-0.15, -0.1) is 11.6 Å². The van der Waals surface area contributed by atoms with Crippen molar-refractivity contribution in [1.29, 1.82) is 0 Å². The lowest BCUT2D eigenvalue weighted by atomic mass is 10.1. The molecular weight excluding hydrogens is 214 g/mol. The van der Waals surface area contributed by atoms with Crippen molar-refractivity contribution in [3.63, 3.8) is 0 Å². The van der Waals surface area contributed by atoms with Gasteiger partial charge in [0, 0.05) is 12.8 Å². The Hall–Kier alpha value is -0.960. The van der Waals surface area contributed by atoms with Crippen LogP contribution in [0.25, 0.3) is 0 Å². The molecule has 1 N–H and O–H groups in total. The zero-order valence-corrected chi connectivity index (χ0v) is 9.64. The van der Waals surface area contributed by atoms with Crippen molar-refractivity contribution in [3.05, 3.63) is 23.6 Å². The molecule has 1 rings (SSSR count). The molecule has 0 aromatic heterocycles. The molecule has 0 heterocycles. The van der Waals surface area contributed by atoms with Crippen molar-refractivity contribution in [3.8, 4) is 0 Å². The van der Waals surface area contributed by atoms with Gasteiger partial charge >= 0.3 is 0 Å². The van der Waals surface area contributed by atoms with Crippen molar-refractivity contribution in [2.45, 2.75) is 26.2 Å². The fourth-order valence-corrected chi connectivity index (χ4v) is 1.44. The van der Waals surface area contributed by atoms with Crippen LogP contribution in [0.2, 0.25) is 0 Å². The van der Waals surface area contributed by atoms with Gasteiger partial charge in [-0.1, -0.05) is 6.08 Å². The molecule has 1 amide bonds. The Morgan fingerprint density at radius 3 is 2.93 bits per heavy atom. The minimum Gasteiger partial charge on any atom is -0.492 e. The summed E-state index contributed by atoms with van der Waals surface area (Å²) in [5, 5.41) is 2.75. The summed E-state index contributed by atoms with van der Waals surface area (Å²) >= 11 is 5.56. The van der Waals surface area contributed by atoms with Gasteiger partial charge in [0.05, 0.1) is 12.3 Å². The van der Waals surface area contributed by atoms with Gasteiger partial charge in [0.2, 0.25) is 5.91 Å². The quantitative estimate of drug-likeness (QED) is 0.581. The number of hydrogen-bond donors (Lipinski definition) is 1. The van der Waals surface area contributed by atoms with Crippen LogP contribution < -0.4 is 5.32 Å². The molecule has 0 radical (unpaired) electrons. The van der Waals surface area contributed by atoms with Crippen LogP contribution in [0, 0.1) is 0 Å². The van der Waals surface area contributed by atoms with Crippen LogP contribution >= 0.6 is 11.6 Å². The van der Waals surface area contributed by atoms with Gasteiger partial charge in [-0.05, 0) is 25.3 Å². The van der Waals surface area contributed by atoms with Gasteiger partial charge in [0.25, 0.3) is 0 Å². The highest BCUT2D eigenvalue weighted by molar-refractivity contribution is 6.17. The summed E-state index contributed by atoms with van der Waals surface area (Å²) in [4.78, 5) is 10.9. The monoisotopic (exact) mass is 229 g/mol. The Labute approximate surface area is 95.1 Å². The summed E-state index contributed by atoms with van der Waals surface area (Å²) in [7, 11) is 0. The average Bonchev–Trinajstić information content (AvgIpc) is 2.20. The molecule has 1 aliphatic rings. The second-order valence-corrected chi connectivity index (χ2v) is 3.71. The van der Waals surface area contributed by atoms with E-state index in [9.17, 15) is 4.79 Å². The van der Waals surface area contributed by atoms with Gasteiger partial charge in [-0.25, -0.2) is 0 Å².